The van der Waals surface area contributed by atoms with Crippen molar-refractivity contribution in [3.63, 3.8) is 0 Å². The molecule has 2 aromatic rings. The molecule has 0 aromatic heterocycles. The van der Waals surface area contributed by atoms with Crippen molar-refractivity contribution in [1.82, 2.24) is 0 Å². The van der Waals surface area contributed by atoms with Gasteiger partial charge in [-0.2, -0.15) is 8.42 Å². The van der Waals surface area contributed by atoms with E-state index >= 15 is 0 Å². The third-order valence-electron chi connectivity index (χ3n) is 2.31. The maximum Gasteiger partial charge on any atom is 2.00 e. The van der Waals surface area contributed by atoms with Crippen LogP contribution < -0.4 is 10.2 Å². The molecule has 0 spiro atoms. The summed E-state index contributed by atoms with van der Waals surface area (Å²) in [6.45, 7) is 0. The van der Waals surface area contributed by atoms with Gasteiger partial charge in [0.1, 0.15) is 0 Å². The summed E-state index contributed by atoms with van der Waals surface area (Å²) in [5.74, 6) is 0. The zero-order chi connectivity index (χ0) is 16.2. The number of rotatable bonds is 2. The molecular formula is C11H7CaNO8S. The molecule has 9 nitrogen and oxygen atoms in total. The molecule has 11 heteroatoms. The van der Waals surface area contributed by atoms with E-state index in [1.165, 1.54) is 12.1 Å². The number of fused-ring (bicyclic) bond motifs is 1. The summed E-state index contributed by atoms with van der Waals surface area (Å²) in [7, 11) is -4.65. The molecule has 0 unspecified atom stereocenters. The summed E-state index contributed by atoms with van der Waals surface area (Å²) in [6.07, 6.45) is -2.33. The van der Waals surface area contributed by atoms with Crippen molar-refractivity contribution in [1.29, 1.82) is 0 Å². The van der Waals surface area contributed by atoms with Gasteiger partial charge in [-0.05, 0) is 17.6 Å². The number of carboxylic acid groups (broad SMARTS) is 2. The van der Waals surface area contributed by atoms with E-state index in [-0.39, 0.29) is 43.1 Å². The number of hydrogen-bond acceptors (Lipinski definition) is 7. The van der Waals surface area contributed by atoms with Crippen LogP contribution in [0.1, 0.15) is 0 Å². The largest absolute Gasteiger partial charge is 2.00 e. The molecule has 0 aliphatic carbocycles. The van der Waals surface area contributed by atoms with Gasteiger partial charge in [0.05, 0.1) is 4.92 Å². The predicted octanol–water partition coefficient (Wildman–Crippen LogP) is -0.833. The van der Waals surface area contributed by atoms with E-state index in [9.17, 15) is 18.5 Å². The second-order valence-corrected chi connectivity index (χ2v) is 4.98. The Balaban J connectivity index is 0.000000791. The number of carbonyl (C=O) groups is 1. The molecule has 22 heavy (non-hydrogen) atoms. The Morgan fingerprint density at radius 2 is 1.59 bits per heavy atom. The van der Waals surface area contributed by atoms with Gasteiger partial charge < -0.3 is 15.0 Å². The van der Waals surface area contributed by atoms with Crippen LogP contribution in [-0.2, 0) is 10.1 Å². The smallest absolute Gasteiger partial charge is 0.652 e. The van der Waals surface area contributed by atoms with Crippen molar-refractivity contribution >= 4 is 70.5 Å². The van der Waals surface area contributed by atoms with Gasteiger partial charge in [0.2, 0.25) is 0 Å². The van der Waals surface area contributed by atoms with E-state index in [4.69, 9.17) is 19.6 Å². The van der Waals surface area contributed by atoms with E-state index in [0.29, 0.717) is 5.39 Å². The fraction of sp³-hybridized carbons (Fsp3) is 0. The molecule has 0 bridgehead atoms. The first-order chi connectivity index (χ1) is 9.64. The minimum absolute atomic E-state index is 0. The van der Waals surface area contributed by atoms with E-state index < -0.39 is 31.8 Å². The van der Waals surface area contributed by atoms with Gasteiger partial charge in [-0.3, -0.25) is 14.7 Å². The summed E-state index contributed by atoms with van der Waals surface area (Å²) in [6, 6.07) is 8.72. The average molecular weight is 353 g/mol. The van der Waals surface area contributed by atoms with Gasteiger partial charge in [-0.1, -0.05) is 24.3 Å². The number of nitrogens with zero attached hydrogens (tertiary/aromatic N) is 1. The van der Waals surface area contributed by atoms with Gasteiger partial charge >= 0.3 is 47.9 Å². The molecule has 0 heterocycles. The van der Waals surface area contributed by atoms with Crippen LogP contribution in [0, 0.1) is 10.1 Å². The Morgan fingerprint density at radius 3 is 2.05 bits per heavy atom. The first-order valence-corrected chi connectivity index (χ1v) is 6.60. The molecule has 2 aromatic carbocycles. The van der Waals surface area contributed by atoms with Crippen molar-refractivity contribution in [3.8, 4) is 0 Å². The molecular weight excluding hydrogens is 346 g/mol. The molecule has 112 valence electrons. The van der Waals surface area contributed by atoms with Crippen LogP contribution in [0.25, 0.3) is 10.8 Å². The first-order valence-electron chi connectivity index (χ1n) is 5.16. The second kappa shape index (κ2) is 8.25. The summed E-state index contributed by atoms with van der Waals surface area (Å²) in [5.41, 5.74) is -0.633. The Labute approximate surface area is 154 Å². The SMILES string of the molecule is O=C([O-])[O-].O=[N+]([O-])c1ccc2ccccc2c1S(=O)(=O)O.[Ca+2]. The summed E-state index contributed by atoms with van der Waals surface area (Å²) in [4.78, 5) is 17.6. The molecule has 0 saturated carbocycles. The molecule has 0 radical (unpaired) electrons. The average Bonchev–Trinajstić information content (AvgIpc) is 2.35. The maximum absolute atomic E-state index is 11.2. The van der Waals surface area contributed by atoms with Crippen LogP contribution in [0.5, 0.6) is 0 Å². The quantitative estimate of drug-likeness (QED) is 0.316. The summed E-state index contributed by atoms with van der Waals surface area (Å²) >= 11 is 0. The van der Waals surface area contributed by atoms with Crippen LogP contribution >= 0.6 is 0 Å². The van der Waals surface area contributed by atoms with Crippen LogP contribution in [0.4, 0.5) is 10.5 Å². The van der Waals surface area contributed by atoms with E-state index in [2.05, 4.69) is 0 Å². The van der Waals surface area contributed by atoms with Crippen molar-refractivity contribution in [2.45, 2.75) is 4.90 Å². The fourth-order valence-electron chi connectivity index (χ4n) is 1.65. The van der Waals surface area contributed by atoms with Gasteiger partial charge in [0.15, 0.2) is 4.90 Å². The number of nitro groups is 1. The fourth-order valence-corrected chi connectivity index (χ4v) is 2.52. The minimum atomic E-state index is -4.65. The van der Waals surface area contributed by atoms with Crippen LogP contribution in [0.2, 0.25) is 0 Å². The topological polar surface area (TPSA) is 161 Å². The molecule has 1 N–H and O–H groups in total. The first kappa shape index (κ1) is 20.5. The Bertz CT molecular complexity index is 801. The van der Waals surface area contributed by atoms with Gasteiger partial charge in [0, 0.05) is 11.5 Å². The predicted molar refractivity (Wildman–Crippen MR) is 71.6 cm³/mol. The Hall–Kier alpha value is -1.46. The molecule has 0 aliphatic heterocycles. The van der Waals surface area contributed by atoms with Crippen molar-refractivity contribution in [2.75, 3.05) is 0 Å². The summed E-state index contributed by atoms with van der Waals surface area (Å²) in [5, 5.41) is 28.0. The van der Waals surface area contributed by atoms with Crippen molar-refractivity contribution in [3.05, 3.63) is 46.5 Å². The third-order valence-corrected chi connectivity index (χ3v) is 3.26. The van der Waals surface area contributed by atoms with Crippen LogP contribution in [-0.4, -0.2) is 61.8 Å². The zero-order valence-electron chi connectivity index (χ0n) is 10.8. The molecule has 2 rings (SSSR count). The zero-order valence-corrected chi connectivity index (χ0v) is 13.9. The molecule has 0 amide bonds. The van der Waals surface area contributed by atoms with E-state index in [1.54, 1.807) is 18.2 Å². The van der Waals surface area contributed by atoms with Gasteiger partial charge in [-0.15, -0.1) is 0 Å². The number of nitro benzene ring substituents is 1. The molecule has 0 saturated heterocycles. The Morgan fingerprint density at radius 1 is 1.09 bits per heavy atom. The van der Waals surface area contributed by atoms with Crippen molar-refractivity contribution in [2.24, 2.45) is 0 Å². The van der Waals surface area contributed by atoms with E-state index in [0.717, 1.165) is 6.07 Å². The monoisotopic (exact) mass is 353 g/mol. The molecule has 0 aliphatic rings. The number of benzene rings is 2. The van der Waals surface area contributed by atoms with Crippen LogP contribution in [0.3, 0.4) is 0 Å². The van der Waals surface area contributed by atoms with E-state index in [1.807, 2.05) is 0 Å². The van der Waals surface area contributed by atoms with Crippen molar-refractivity contribution < 1.29 is 32.9 Å². The third kappa shape index (κ3) is 5.39. The standard InChI is InChI=1S/C10H7NO5S.CH2O3.Ca/c12-11(13)9-6-5-7-3-1-2-4-8(7)10(9)17(14,15)16;2-1(3)4;/h1-6H,(H,14,15,16);(H2,2,3,4);/q;;+2/p-2. The van der Waals surface area contributed by atoms with Gasteiger partial charge in [-0.25, -0.2) is 0 Å². The normalized spacial score (nSPS) is 10.0. The number of carbonyl (C=O) groups excluding carboxylic acids is 1. The Kier molecular flexibility index (Phi) is 7.70. The summed E-state index contributed by atoms with van der Waals surface area (Å²) < 4.78 is 31.5. The molecule has 0 fully saturated rings. The second-order valence-electron chi connectivity index (χ2n) is 3.62. The van der Waals surface area contributed by atoms with Crippen LogP contribution in [0.15, 0.2) is 41.3 Å². The van der Waals surface area contributed by atoms with Gasteiger partial charge in [0.25, 0.3) is 5.69 Å². The number of hydrogen-bond donors (Lipinski definition) is 1. The minimum Gasteiger partial charge on any atom is -0.652 e. The maximum atomic E-state index is 11.2. The molecule has 0 atom stereocenters.